The van der Waals surface area contributed by atoms with Gasteiger partial charge in [-0.25, -0.2) is 9.18 Å². The van der Waals surface area contributed by atoms with Crippen LogP contribution in [-0.2, 0) is 17.4 Å². The first-order chi connectivity index (χ1) is 12.5. The van der Waals surface area contributed by atoms with Gasteiger partial charge in [-0.2, -0.15) is 13.2 Å². The van der Waals surface area contributed by atoms with E-state index in [1.165, 1.54) is 0 Å². The molecule has 2 atom stereocenters. The van der Waals surface area contributed by atoms with Gasteiger partial charge in [0.15, 0.2) is 0 Å². The van der Waals surface area contributed by atoms with Crippen molar-refractivity contribution in [3.63, 3.8) is 0 Å². The third-order valence-electron chi connectivity index (χ3n) is 4.70. The molecule has 0 radical (unpaired) electrons. The molecule has 1 saturated heterocycles. The van der Waals surface area contributed by atoms with Gasteiger partial charge in [-0.05, 0) is 30.7 Å². The Morgan fingerprint density at radius 3 is 2.52 bits per heavy atom. The predicted octanol–water partition coefficient (Wildman–Crippen LogP) is 3.13. The van der Waals surface area contributed by atoms with Crippen LogP contribution in [0.2, 0.25) is 0 Å². The summed E-state index contributed by atoms with van der Waals surface area (Å²) in [6, 6.07) is -0.770. The SMILES string of the molecule is CC(C)CC(C(=O)O)n1cc(CCN2CCC(F)C2)c(C(F)(F)F)cc1=O. The first-order valence-corrected chi connectivity index (χ1v) is 8.90. The lowest BCUT2D eigenvalue weighted by atomic mass is 10.0. The Morgan fingerprint density at radius 2 is 2.04 bits per heavy atom. The van der Waals surface area contributed by atoms with E-state index in [1.807, 2.05) is 0 Å². The van der Waals surface area contributed by atoms with Crippen LogP contribution in [0, 0.1) is 5.92 Å². The van der Waals surface area contributed by atoms with E-state index >= 15 is 0 Å². The molecule has 1 aromatic rings. The van der Waals surface area contributed by atoms with Gasteiger partial charge in [0.25, 0.3) is 5.56 Å². The molecule has 9 heteroatoms. The maximum absolute atomic E-state index is 13.4. The molecular formula is C18H24F4N2O3. The molecule has 2 unspecified atom stereocenters. The largest absolute Gasteiger partial charge is 0.480 e. The standard InChI is InChI=1S/C18H24F4N2O3/c1-11(2)7-15(17(26)27)24-9-12(3-5-23-6-4-13(19)10-23)14(8-16(24)25)18(20,21)22/h8-9,11,13,15H,3-7,10H2,1-2H3,(H,26,27). The van der Waals surface area contributed by atoms with Crippen LogP contribution in [0.25, 0.3) is 0 Å². The van der Waals surface area contributed by atoms with Crippen LogP contribution in [0.1, 0.15) is 43.9 Å². The minimum Gasteiger partial charge on any atom is -0.480 e. The first kappa shape index (κ1) is 21.4. The molecule has 0 aromatic carbocycles. The topological polar surface area (TPSA) is 62.5 Å². The monoisotopic (exact) mass is 392 g/mol. The summed E-state index contributed by atoms with van der Waals surface area (Å²) in [6.07, 6.45) is -4.27. The number of hydrogen-bond donors (Lipinski definition) is 1. The van der Waals surface area contributed by atoms with Gasteiger partial charge in [0.2, 0.25) is 0 Å². The molecule has 1 aliphatic heterocycles. The second-order valence-corrected chi connectivity index (χ2v) is 7.38. The molecule has 2 rings (SSSR count). The number of likely N-dealkylation sites (tertiary alicyclic amines) is 1. The summed E-state index contributed by atoms with van der Waals surface area (Å²) in [7, 11) is 0. The van der Waals surface area contributed by atoms with Crippen LogP contribution in [0.3, 0.4) is 0 Å². The molecule has 1 N–H and O–H groups in total. The molecule has 2 heterocycles. The Morgan fingerprint density at radius 1 is 1.37 bits per heavy atom. The summed E-state index contributed by atoms with van der Waals surface area (Å²) in [6.45, 7) is 4.39. The van der Waals surface area contributed by atoms with Gasteiger partial charge in [-0.3, -0.25) is 4.79 Å². The molecule has 0 spiro atoms. The first-order valence-electron chi connectivity index (χ1n) is 8.90. The van der Waals surface area contributed by atoms with Gasteiger partial charge < -0.3 is 14.6 Å². The third kappa shape index (κ3) is 5.54. The second kappa shape index (κ2) is 8.41. The number of alkyl halides is 4. The summed E-state index contributed by atoms with van der Waals surface area (Å²) in [4.78, 5) is 25.5. The Labute approximate surface area is 154 Å². The Hall–Kier alpha value is -1.90. The number of aromatic nitrogens is 1. The summed E-state index contributed by atoms with van der Waals surface area (Å²) in [5.41, 5.74) is -2.21. The van der Waals surface area contributed by atoms with Crippen molar-refractivity contribution in [3.05, 3.63) is 33.7 Å². The summed E-state index contributed by atoms with van der Waals surface area (Å²) in [5.74, 6) is -1.33. The van der Waals surface area contributed by atoms with Gasteiger partial charge in [0.05, 0.1) is 5.56 Å². The highest BCUT2D eigenvalue weighted by atomic mass is 19.4. The molecule has 1 aliphatic rings. The van der Waals surface area contributed by atoms with Crippen LogP contribution >= 0.6 is 0 Å². The summed E-state index contributed by atoms with van der Waals surface area (Å²) < 4.78 is 54.2. The maximum Gasteiger partial charge on any atom is 0.416 e. The van der Waals surface area contributed by atoms with E-state index in [0.717, 1.165) is 10.8 Å². The summed E-state index contributed by atoms with van der Waals surface area (Å²) >= 11 is 0. The zero-order valence-electron chi connectivity index (χ0n) is 15.3. The zero-order valence-corrected chi connectivity index (χ0v) is 15.3. The average Bonchev–Trinajstić information content (AvgIpc) is 2.95. The van der Waals surface area contributed by atoms with Gasteiger partial charge in [-0.1, -0.05) is 13.8 Å². The van der Waals surface area contributed by atoms with Gasteiger partial charge >= 0.3 is 12.1 Å². The molecular weight excluding hydrogens is 368 g/mol. The minimum atomic E-state index is -4.72. The maximum atomic E-state index is 13.4. The molecule has 0 saturated carbocycles. The number of carbonyl (C=O) groups is 1. The Balaban J connectivity index is 2.38. The number of nitrogens with zero attached hydrogens (tertiary/aromatic N) is 2. The molecule has 27 heavy (non-hydrogen) atoms. The molecule has 1 fully saturated rings. The Bertz CT molecular complexity index is 730. The van der Waals surface area contributed by atoms with E-state index < -0.39 is 35.5 Å². The number of aliphatic carboxylic acids is 1. The van der Waals surface area contributed by atoms with Crippen molar-refractivity contribution < 1.29 is 27.5 Å². The van der Waals surface area contributed by atoms with Crippen LogP contribution < -0.4 is 5.56 Å². The van der Waals surface area contributed by atoms with Crippen molar-refractivity contribution in [2.24, 2.45) is 5.92 Å². The van der Waals surface area contributed by atoms with Crippen LogP contribution in [0.5, 0.6) is 0 Å². The van der Waals surface area contributed by atoms with Crippen molar-refractivity contribution in [3.8, 4) is 0 Å². The second-order valence-electron chi connectivity index (χ2n) is 7.38. The van der Waals surface area contributed by atoms with E-state index in [4.69, 9.17) is 0 Å². The van der Waals surface area contributed by atoms with Crippen molar-refractivity contribution in [1.29, 1.82) is 0 Å². The molecule has 0 bridgehead atoms. The van der Waals surface area contributed by atoms with E-state index in [2.05, 4.69) is 0 Å². The molecule has 0 aliphatic carbocycles. The number of hydrogen-bond acceptors (Lipinski definition) is 3. The van der Waals surface area contributed by atoms with Crippen molar-refractivity contribution in [2.45, 2.75) is 51.5 Å². The quantitative estimate of drug-likeness (QED) is 0.725. The average molecular weight is 392 g/mol. The molecule has 0 amide bonds. The fourth-order valence-corrected chi connectivity index (χ4v) is 3.35. The fraction of sp³-hybridized carbons (Fsp3) is 0.667. The van der Waals surface area contributed by atoms with E-state index in [1.54, 1.807) is 18.7 Å². The number of rotatable bonds is 7. The molecule has 152 valence electrons. The lowest BCUT2D eigenvalue weighted by Crippen LogP contribution is -2.33. The highest BCUT2D eigenvalue weighted by molar-refractivity contribution is 5.71. The third-order valence-corrected chi connectivity index (χ3v) is 4.70. The van der Waals surface area contributed by atoms with Crippen LogP contribution in [0.15, 0.2) is 17.1 Å². The lowest BCUT2D eigenvalue weighted by molar-refractivity contribution is -0.141. The Kier molecular flexibility index (Phi) is 6.67. The van der Waals surface area contributed by atoms with Gasteiger partial charge in [0.1, 0.15) is 12.2 Å². The van der Waals surface area contributed by atoms with Crippen molar-refractivity contribution >= 4 is 5.97 Å². The van der Waals surface area contributed by atoms with Crippen LogP contribution in [-0.4, -0.2) is 46.3 Å². The normalized spacial score (nSPS) is 19.6. The number of halogens is 4. The number of pyridine rings is 1. The number of carboxylic acid groups (broad SMARTS) is 1. The van der Waals surface area contributed by atoms with Crippen molar-refractivity contribution in [2.75, 3.05) is 19.6 Å². The summed E-state index contributed by atoms with van der Waals surface area (Å²) in [5, 5.41) is 9.42. The van der Waals surface area contributed by atoms with E-state index in [0.29, 0.717) is 19.0 Å². The molecule has 5 nitrogen and oxygen atoms in total. The van der Waals surface area contributed by atoms with E-state index in [9.17, 15) is 32.3 Å². The smallest absolute Gasteiger partial charge is 0.416 e. The molecule has 1 aromatic heterocycles. The van der Waals surface area contributed by atoms with Gasteiger partial charge in [0, 0.05) is 31.9 Å². The predicted molar refractivity (Wildman–Crippen MR) is 91.5 cm³/mol. The highest BCUT2D eigenvalue weighted by Crippen LogP contribution is 2.32. The highest BCUT2D eigenvalue weighted by Gasteiger charge is 2.35. The minimum absolute atomic E-state index is 0.0458. The van der Waals surface area contributed by atoms with E-state index in [-0.39, 0.29) is 37.4 Å². The number of carboxylic acids is 1. The van der Waals surface area contributed by atoms with Crippen molar-refractivity contribution in [1.82, 2.24) is 9.47 Å². The fourth-order valence-electron chi connectivity index (χ4n) is 3.35. The zero-order chi connectivity index (χ0) is 20.4. The lowest BCUT2D eigenvalue weighted by Gasteiger charge is -2.22. The van der Waals surface area contributed by atoms with Crippen LogP contribution in [0.4, 0.5) is 17.6 Å². The van der Waals surface area contributed by atoms with Gasteiger partial charge in [-0.15, -0.1) is 0 Å².